The molecule has 0 N–H and O–H groups in total. The van der Waals surface area contributed by atoms with E-state index in [1.807, 2.05) is 0 Å². The summed E-state index contributed by atoms with van der Waals surface area (Å²) in [7, 11) is 0. The minimum absolute atomic E-state index is 0.0770. The van der Waals surface area contributed by atoms with Crippen LogP contribution in [0.2, 0.25) is 0 Å². The van der Waals surface area contributed by atoms with Crippen molar-refractivity contribution in [2.45, 2.75) is 26.1 Å². The summed E-state index contributed by atoms with van der Waals surface area (Å²) in [6.07, 6.45) is 0.497. The molecule has 1 aliphatic rings. The predicted octanol–water partition coefficient (Wildman–Crippen LogP) is 2.08. The van der Waals surface area contributed by atoms with Gasteiger partial charge in [-0.15, -0.1) is 0 Å². The topological polar surface area (TPSA) is 64.8 Å². The first-order chi connectivity index (χ1) is 9.54. The van der Waals surface area contributed by atoms with Crippen LogP contribution in [0.15, 0.2) is 24.3 Å². The number of nitro groups is 1. The van der Waals surface area contributed by atoms with Crippen LogP contribution in [0.25, 0.3) is 0 Å². The lowest BCUT2D eigenvalue weighted by Gasteiger charge is -2.35. The smallest absolute Gasteiger partial charge is 0.269 e. The molecule has 1 aliphatic heterocycles. The minimum atomic E-state index is -0.416. The second-order valence-corrected chi connectivity index (χ2v) is 5.12. The van der Waals surface area contributed by atoms with Crippen LogP contribution in [-0.2, 0) is 4.74 Å². The Morgan fingerprint density at radius 2 is 1.90 bits per heavy atom. The standard InChI is InChI=1S/C14H20N2O4/c1-11-9-15(10-12(2)20-11)7-8-19-14-5-3-13(4-6-14)16(17)18/h3-6,11-12H,7-10H2,1-2H3/t11-,12-/m0/s1. The van der Waals surface area contributed by atoms with E-state index in [-0.39, 0.29) is 17.9 Å². The van der Waals surface area contributed by atoms with Gasteiger partial charge in [-0.1, -0.05) is 0 Å². The maximum Gasteiger partial charge on any atom is 0.269 e. The molecule has 0 unspecified atom stereocenters. The van der Waals surface area contributed by atoms with Gasteiger partial charge in [0.15, 0.2) is 0 Å². The van der Waals surface area contributed by atoms with E-state index in [1.54, 1.807) is 12.1 Å². The molecular formula is C14H20N2O4. The molecule has 1 heterocycles. The number of hydrogen-bond acceptors (Lipinski definition) is 5. The van der Waals surface area contributed by atoms with Gasteiger partial charge >= 0.3 is 0 Å². The molecule has 0 spiro atoms. The summed E-state index contributed by atoms with van der Waals surface area (Å²) in [5.74, 6) is 0.657. The molecule has 6 nitrogen and oxygen atoms in total. The van der Waals surface area contributed by atoms with Gasteiger partial charge in [0.25, 0.3) is 5.69 Å². The first kappa shape index (κ1) is 14.7. The number of hydrogen-bond donors (Lipinski definition) is 0. The Hall–Kier alpha value is -1.66. The quantitative estimate of drug-likeness (QED) is 0.610. The zero-order chi connectivity index (χ0) is 14.5. The predicted molar refractivity (Wildman–Crippen MR) is 75.0 cm³/mol. The number of morpholine rings is 1. The Morgan fingerprint density at radius 3 is 2.45 bits per heavy atom. The molecule has 0 saturated carbocycles. The third-order valence-corrected chi connectivity index (χ3v) is 3.22. The molecule has 0 aromatic heterocycles. The molecule has 0 radical (unpaired) electrons. The van der Waals surface area contributed by atoms with Crippen molar-refractivity contribution in [2.75, 3.05) is 26.2 Å². The van der Waals surface area contributed by atoms with Crippen molar-refractivity contribution >= 4 is 5.69 Å². The maximum absolute atomic E-state index is 10.5. The van der Waals surface area contributed by atoms with Gasteiger partial charge in [0.05, 0.1) is 17.1 Å². The van der Waals surface area contributed by atoms with Gasteiger partial charge < -0.3 is 9.47 Å². The monoisotopic (exact) mass is 280 g/mol. The number of nitrogens with zero attached hydrogens (tertiary/aromatic N) is 2. The first-order valence-corrected chi connectivity index (χ1v) is 6.79. The van der Waals surface area contributed by atoms with Crippen LogP contribution < -0.4 is 4.74 Å². The number of rotatable bonds is 5. The van der Waals surface area contributed by atoms with Crippen molar-refractivity contribution in [3.63, 3.8) is 0 Å². The molecule has 1 fully saturated rings. The summed E-state index contributed by atoms with van der Waals surface area (Å²) in [4.78, 5) is 12.4. The summed E-state index contributed by atoms with van der Waals surface area (Å²) in [6, 6.07) is 6.16. The van der Waals surface area contributed by atoms with Gasteiger partial charge in [-0.25, -0.2) is 0 Å². The van der Waals surface area contributed by atoms with E-state index in [4.69, 9.17) is 9.47 Å². The van der Waals surface area contributed by atoms with Crippen molar-refractivity contribution in [3.05, 3.63) is 34.4 Å². The molecule has 1 saturated heterocycles. The summed E-state index contributed by atoms with van der Waals surface area (Å²) in [6.45, 7) is 7.36. The zero-order valence-corrected chi connectivity index (χ0v) is 11.8. The molecule has 1 aromatic carbocycles. The zero-order valence-electron chi connectivity index (χ0n) is 11.8. The summed E-state index contributed by atoms with van der Waals surface area (Å²) in [5, 5.41) is 10.5. The van der Waals surface area contributed by atoms with Gasteiger partial charge in [0.2, 0.25) is 0 Å². The largest absolute Gasteiger partial charge is 0.492 e. The van der Waals surface area contributed by atoms with Crippen LogP contribution in [0, 0.1) is 10.1 Å². The maximum atomic E-state index is 10.5. The van der Waals surface area contributed by atoms with Crippen LogP contribution in [0.4, 0.5) is 5.69 Å². The molecule has 20 heavy (non-hydrogen) atoms. The lowest BCUT2D eigenvalue weighted by molar-refractivity contribution is -0.384. The molecule has 110 valence electrons. The molecule has 2 rings (SSSR count). The van der Waals surface area contributed by atoms with Crippen LogP contribution in [0.1, 0.15) is 13.8 Å². The summed E-state index contributed by atoms with van der Waals surface area (Å²) in [5.41, 5.74) is 0.0770. The Kier molecular flexibility index (Phi) is 4.92. The SMILES string of the molecule is C[C@H]1CN(CCOc2ccc([N+](=O)[O-])cc2)C[C@H](C)O1. The Morgan fingerprint density at radius 1 is 1.30 bits per heavy atom. The van der Waals surface area contributed by atoms with Crippen LogP contribution in [0.5, 0.6) is 5.75 Å². The molecule has 0 bridgehead atoms. The fraction of sp³-hybridized carbons (Fsp3) is 0.571. The highest BCUT2D eigenvalue weighted by molar-refractivity contribution is 5.35. The Labute approximate surface area is 118 Å². The highest BCUT2D eigenvalue weighted by Gasteiger charge is 2.21. The van der Waals surface area contributed by atoms with Gasteiger partial charge in [0, 0.05) is 31.8 Å². The number of ether oxygens (including phenoxy) is 2. The molecule has 1 aromatic rings. The van der Waals surface area contributed by atoms with E-state index in [0.29, 0.717) is 12.4 Å². The van der Waals surface area contributed by atoms with Gasteiger partial charge in [-0.2, -0.15) is 0 Å². The van der Waals surface area contributed by atoms with Crippen molar-refractivity contribution in [2.24, 2.45) is 0 Å². The third-order valence-electron chi connectivity index (χ3n) is 3.22. The highest BCUT2D eigenvalue weighted by Crippen LogP contribution is 2.17. The van der Waals surface area contributed by atoms with Gasteiger partial charge in [-0.05, 0) is 26.0 Å². The summed E-state index contributed by atoms with van der Waals surface area (Å²) < 4.78 is 11.3. The molecule has 6 heteroatoms. The van der Waals surface area contributed by atoms with E-state index >= 15 is 0 Å². The van der Waals surface area contributed by atoms with Gasteiger partial charge in [0.1, 0.15) is 12.4 Å². The van der Waals surface area contributed by atoms with Gasteiger partial charge in [-0.3, -0.25) is 15.0 Å². The van der Waals surface area contributed by atoms with E-state index in [0.717, 1.165) is 19.6 Å². The lowest BCUT2D eigenvalue weighted by atomic mass is 10.2. The van der Waals surface area contributed by atoms with Crippen molar-refractivity contribution in [3.8, 4) is 5.75 Å². The van der Waals surface area contributed by atoms with Crippen molar-refractivity contribution in [1.29, 1.82) is 0 Å². The lowest BCUT2D eigenvalue weighted by Crippen LogP contribution is -2.46. The second-order valence-electron chi connectivity index (χ2n) is 5.12. The van der Waals surface area contributed by atoms with Crippen LogP contribution in [0.3, 0.4) is 0 Å². The van der Waals surface area contributed by atoms with Crippen molar-refractivity contribution < 1.29 is 14.4 Å². The fourth-order valence-electron chi connectivity index (χ4n) is 2.42. The molecule has 0 aliphatic carbocycles. The summed E-state index contributed by atoms with van der Waals surface area (Å²) >= 11 is 0. The Balaban J connectivity index is 1.76. The minimum Gasteiger partial charge on any atom is -0.492 e. The highest BCUT2D eigenvalue weighted by atomic mass is 16.6. The fourth-order valence-corrected chi connectivity index (χ4v) is 2.42. The molecule has 2 atom stereocenters. The van der Waals surface area contributed by atoms with Crippen molar-refractivity contribution in [1.82, 2.24) is 4.90 Å². The third kappa shape index (κ3) is 4.18. The molecule has 0 amide bonds. The van der Waals surface area contributed by atoms with E-state index in [2.05, 4.69) is 18.7 Å². The van der Waals surface area contributed by atoms with E-state index in [1.165, 1.54) is 12.1 Å². The van der Waals surface area contributed by atoms with E-state index in [9.17, 15) is 10.1 Å². The Bertz CT molecular complexity index is 439. The van der Waals surface area contributed by atoms with Crippen LogP contribution >= 0.6 is 0 Å². The number of nitro benzene ring substituents is 1. The first-order valence-electron chi connectivity index (χ1n) is 6.79. The second kappa shape index (κ2) is 6.67. The molecular weight excluding hydrogens is 260 g/mol. The number of non-ortho nitro benzene ring substituents is 1. The normalized spacial score (nSPS) is 23.5. The number of benzene rings is 1. The van der Waals surface area contributed by atoms with Crippen LogP contribution in [-0.4, -0.2) is 48.3 Å². The van der Waals surface area contributed by atoms with E-state index < -0.39 is 4.92 Å². The average Bonchev–Trinajstić information content (AvgIpc) is 2.38. The average molecular weight is 280 g/mol.